The number of Topliss-reactive ketones (excluding diaryl/α,β-unsaturated/α-hetero) is 1. The summed E-state index contributed by atoms with van der Waals surface area (Å²) >= 11 is 0. The predicted molar refractivity (Wildman–Crippen MR) is 117 cm³/mol. The van der Waals surface area contributed by atoms with Crippen molar-refractivity contribution in [1.29, 1.82) is 0 Å². The first-order valence-corrected chi connectivity index (χ1v) is 10.4. The lowest BCUT2D eigenvalue weighted by molar-refractivity contribution is -0.130. The molecule has 0 saturated heterocycles. The molecule has 3 aromatic rings. The highest BCUT2D eigenvalue weighted by Gasteiger charge is 2.44. The van der Waals surface area contributed by atoms with Crippen molar-refractivity contribution in [2.24, 2.45) is 0 Å². The molecule has 1 N–H and O–H groups in total. The van der Waals surface area contributed by atoms with E-state index in [-0.39, 0.29) is 24.0 Å². The number of aliphatic hydroxyl groups is 1. The van der Waals surface area contributed by atoms with Crippen molar-refractivity contribution in [3.8, 4) is 5.75 Å². The Bertz CT molecular complexity index is 1160. The minimum Gasteiger partial charge on any atom is -0.503 e. The molecule has 0 spiro atoms. The van der Waals surface area contributed by atoms with E-state index in [1.165, 1.54) is 4.90 Å². The van der Waals surface area contributed by atoms with E-state index in [1.54, 1.807) is 61.8 Å². The van der Waals surface area contributed by atoms with Crippen LogP contribution in [0.1, 0.15) is 47.3 Å². The minimum absolute atomic E-state index is 0.00855. The van der Waals surface area contributed by atoms with Gasteiger partial charge < -0.3 is 19.2 Å². The monoisotopic (exact) mass is 432 g/mol. The maximum atomic E-state index is 13.3. The highest BCUT2D eigenvalue weighted by atomic mass is 16.5. The molecule has 1 aliphatic rings. The third-order valence-corrected chi connectivity index (χ3v) is 5.16. The second kappa shape index (κ2) is 8.70. The SMILES string of the molecule is Cc1ccc(C(=O)C2=C(O)C(=O)N(Cc3cccnc3)[C@H]2c2ccc(OC(C)C)cc2)o1. The Morgan fingerprint density at radius 3 is 2.53 bits per heavy atom. The number of ether oxygens (including phenoxy) is 1. The number of rotatable bonds is 7. The number of aryl methyl sites for hydroxylation is 1. The number of carbonyl (C=O) groups is 2. The zero-order valence-corrected chi connectivity index (χ0v) is 18.1. The van der Waals surface area contributed by atoms with Crippen molar-refractivity contribution in [3.05, 3.63) is 94.9 Å². The van der Waals surface area contributed by atoms with Crippen molar-refractivity contribution < 1.29 is 23.8 Å². The van der Waals surface area contributed by atoms with Gasteiger partial charge in [0.2, 0.25) is 5.78 Å². The number of carbonyl (C=O) groups excluding carboxylic acids is 2. The van der Waals surface area contributed by atoms with E-state index in [4.69, 9.17) is 9.15 Å². The summed E-state index contributed by atoms with van der Waals surface area (Å²) in [4.78, 5) is 31.9. The lowest BCUT2D eigenvalue weighted by Gasteiger charge is -2.27. The van der Waals surface area contributed by atoms with Crippen molar-refractivity contribution >= 4 is 11.7 Å². The Morgan fingerprint density at radius 1 is 1.19 bits per heavy atom. The fraction of sp³-hybridized carbons (Fsp3) is 0.240. The molecule has 7 nitrogen and oxygen atoms in total. The summed E-state index contributed by atoms with van der Waals surface area (Å²) in [5.41, 5.74) is 1.45. The van der Waals surface area contributed by atoms with Gasteiger partial charge in [-0.2, -0.15) is 0 Å². The van der Waals surface area contributed by atoms with E-state index >= 15 is 0 Å². The van der Waals surface area contributed by atoms with Gasteiger partial charge in [0.25, 0.3) is 5.91 Å². The summed E-state index contributed by atoms with van der Waals surface area (Å²) in [6.07, 6.45) is 3.31. The summed E-state index contributed by atoms with van der Waals surface area (Å²) < 4.78 is 11.2. The van der Waals surface area contributed by atoms with Crippen molar-refractivity contribution in [2.45, 2.75) is 39.5 Å². The molecule has 7 heteroatoms. The molecule has 1 aliphatic heterocycles. The molecule has 4 rings (SSSR count). The Labute approximate surface area is 186 Å². The van der Waals surface area contributed by atoms with Crippen molar-refractivity contribution in [2.75, 3.05) is 0 Å². The summed E-state index contributed by atoms with van der Waals surface area (Å²) in [5, 5.41) is 10.7. The molecule has 1 amide bonds. The summed E-state index contributed by atoms with van der Waals surface area (Å²) in [5.74, 6) is -0.394. The van der Waals surface area contributed by atoms with Gasteiger partial charge in [0.05, 0.1) is 17.7 Å². The van der Waals surface area contributed by atoms with Crippen molar-refractivity contribution in [1.82, 2.24) is 9.88 Å². The van der Waals surface area contributed by atoms with Gasteiger partial charge in [0.15, 0.2) is 11.5 Å². The molecule has 0 bridgehead atoms. The molecule has 1 aromatic carbocycles. The minimum atomic E-state index is -0.784. The zero-order chi connectivity index (χ0) is 22.8. The molecule has 0 unspecified atom stereocenters. The molecule has 1 atom stereocenters. The fourth-order valence-corrected chi connectivity index (χ4v) is 3.77. The number of hydrogen-bond donors (Lipinski definition) is 1. The summed E-state index contributed by atoms with van der Waals surface area (Å²) in [6.45, 7) is 5.77. The van der Waals surface area contributed by atoms with Crippen LogP contribution >= 0.6 is 0 Å². The van der Waals surface area contributed by atoms with E-state index in [2.05, 4.69) is 4.98 Å². The van der Waals surface area contributed by atoms with Gasteiger partial charge in [-0.25, -0.2) is 0 Å². The lowest BCUT2D eigenvalue weighted by atomic mass is 9.95. The van der Waals surface area contributed by atoms with Crippen LogP contribution in [0.15, 0.2) is 76.7 Å². The molecule has 3 heterocycles. The number of ketones is 1. The van der Waals surface area contributed by atoms with E-state index in [1.807, 2.05) is 19.9 Å². The lowest BCUT2D eigenvalue weighted by Crippen LogP contribution is -2.30. The predicted octanol–water partition coefficient (Wildman–Crippen LogP) is 4.55. The first-order chi connectivity index (χ1) is 15.3. The standard InChI is InChI=1S/C25H24N2O5/c1-15(2)31-19-9-7-18(8-10-19)22-21(23(28)20-11-6-16(3)32-20)24(29)25(30)27(22)14-17-5-4-12-26-13-17/h4-13,15,22,29H,14H2,1-3H3/t22-/m0/s1. The van der Waals surface area contributed by atoms with Crippen LogP contribution in [0.2, 0.25) is 0 Å². The maximum absolute atomic E-state index is 13.3. The quantitative estimate of drug-likeness (QED) is 0.551. The molecular weight excluding hydrogens is 408 g/mol. The number of pyridine rings is 1. The van der Waals surface area contributed by atoms with Crippen LogP contribution in [0.3, 0.4) is 0 Å². The van der Waals surface area contributed by atoms with Crippen LogP contribution in [0, 0.1) is 6.92 Å². The van der Waals surface area contributed by atoms with Gasteiger partial charge in [-0.3, -0.25) is 14.6 Å². The molecule has 0 saturated carbocycles. The first-order valence-electron chi connectivity index (χ1n) is 10.4. The van der Waals surface area contributed by atoms with Crippen LogP contribution in [0.25, 0.3) is 0 Å². The maximum Gasteiger partial charge on any atom is 0.290 e. The van der Waals surface area contributed by atoms with Crippen molar-refractivity contribution in [3.63, 3.8) is 0 Å². The number of benzene rings is 1. The zero-order valence-electron chi connectivity index (χ0n) is 18.1. The van der Waals surface area contributed by atoms with Crippen LogP contribution in [-0.4, -0.2) is 32.8 Å². The highest BCUT2D eigenvalue weighted by molar-refractivity contribution is 6.15. The third-order valence-electron chi connectivity index (χ3n) is 5.16. The molecule has 0 aliphatic carbocycles. The normalized spacial score (nSPS) is 16.2. The third kappa shape index (κ3) is 4.14. The van der Waals surface area contributed by atoms with Crippen LogP contribution in [0.5, 0.6) is 5.75 Å². The number of furan rings is 1. The smallest absolute Gasteiger partial charge is 0.290 e. The van der Waals surface area contributed by atoms with E-state index in [9.17, 15) is 14.7 Å². The highest BCUT2D eigenvalue weighted by Crippen LogP contribution is 2.40. The number of amides is 1. The van der Waals surface area contributed by atoms with Gasteiger partial charge in [-0.05, 0) is 62.2 Å². The van der Waals surface area contributed by atoms with Gasteiger partial charge in [-0.1, -0.05) is 18.2 Å². The molecular formula is C25H24N2O5. The Morgan fingerprint density at radius 2 is 1.94 bits per heavy atom. The number of aromatic nitrogens is 1. The van der Waals surface area contributed by atoms with Gasteiger partial charge in [0, 0.05) is 18.9 Å². The number of nitrogens with zero attached hydrogens (tertiary/aromatic N) is 2. The number of hydrogen-bond acceptors (Lipinski definition) is 6. The molecule has 164 valence electrons. The Balaban J connectivity index is 1.76. The average molecular weight is 432 g/mol. The van der Waals surface area contributed by atoms with Crippen LogP contribution in [-0.2, 0) is 11.3 Å². The topological polar surface area (TPSA) is 92.9 Å². The largest absolute Gasteiger partial charge is 0.503 e. The average Bonchev–Trinajstić information content (AvgIpc) is 3.31. The molecule has 32 heavy (non-hydrogen) atoms. The molecule has 0 fully saturated rings. The second-order valence-corrected chi connectivity index (χ2v) is 7.93. The second-order valence-electron chi connectivity index (χ2n) is 7.93. The van der Waals surface area contributed by atoms with Gasteiger partial charge in [0.1, 0.15) is 11.5 Å². The Kier molecular flexibility index (Phi) is 5.81. The van der Waals surface area contributed by atoms with E-state index in [0.717, 1.165) is 5.56 Å². The van der Waals surface area contributed by atoms with Crippen LogP contribution in [0.4, 0.5) is 0 Å². The number of aliphatic hydroxyl groups excluding tert-OH is 1. The van der Waals surface area contributed by atoms with E-state index < -0.39 is 23.5 Å². The molecule has 2 aromatic heterocycles. The van der Waals surface area contributed by atoms with Gasteiger partial charge >= 0.3 is 0 Å². The van der Waals surface area contributed by atoms with Gasteiger partial charge in [-0.15, -0.1) is 0 Å². The molecule has 0 radical (unpaired) electrons. The first kappa shape index (κ1) is 21.4. The van der Waals surface area contributed by atoms with Crippen LogP contribution < -0.4 is 4.74 Å². The fourth-order valence-electron chi connectivity index (χ4n) is 3.77. The van der Waals surface area contributed by atoms with E-state index in [0.29, 0.717) is 17.1 Å². The summed E-state index contributed by atoms with van der Waals surface area (Å²) in [7, 11) is 0. The Hall–Kier alpha value is -3.87. The summed E-state index contributed by atoms with van der Waals surface area (Å²) in [6, 6.07) is 13.2.